The van der Waals surface area contributed by atoms with Crippen molar-refractivity contribution in [2.45, 2.75) is 107 Å². The highest BCUT2D eigenvalue weighted by molar-refractivity contribution is 5.01. The van der Waals surface area contributed by atoms with Crippen molar-refractivity contribution in [3.8, 4) is 0 Å². The molecule has 0 rings (SSSR count). The van der Waals surface area contributed by atoms with Gasteiger partial charge < -0.3 is 18.9 Å². The van der Waals surface area contributed by atoms with Crippen LogP contribution in [0.25, 0.3) is 0 Å². The Morgan fingerprint density at radius 3 is 1.79 bits per heavy atom. The molecule has 0 bridgehead atoms. The molecule has 0 aromatic carbocycles. The first-order chi connectivity index (χ1) is 16.4. The van der Waals surface area contributed by atoms with E-state index >= 15 is 0 Å². The Balaban J connectivity index is 4.12. The van der Waals surface area contributed by atoms with Gasteiger partial charge in [0, 0.05) is 25.4 Å². The topological polar surface area (TPSA) is 36.9 Å². The molecular formula is C30H58O4. The summed E-state index contributed by atoms with van der Waals surface area (Å²) in [6.07, 6.45) is 12.9. The van der Waals surface area contributed by atoms with Gasteiger partial charge in [-0.05, 0) is 54.9 Å². The van der Waals surface area contributed by atoms with Crippen LogP contribution < -0.4 is 0 Å². The molecule has 4 unspecified atom stereocenters. The average Bonchev–Trinajstić information content (AvgIpc) is 2.85. The van der Waals surface area contributed by atoms with Crippen molar-refractivity contribution >= 4 is 0 Å². The smallest absolute Gasteiger partial charge is 0.112 e. The first-order valence-electron chi connectivity index (χ1n) is 14.1. The van der Waals surface area contributed by atoms with E-state index in [1.165, 1.54) is 43.3 Å². The lowest BCUT2D eigenvalue weighted by Gasteiger charge is -2.18. The van der Waals surface area contributed by atoms with Crippen LogP contribution in [-0.4, -0.2) is 39.6 Å². The van der Waals surface area contributed by atoms with Gasteiger partial charge in [-0.2, -0.15) is 0 Å². The van der Waals surface area contributed by atoms with Crippen LogP contribution in [0.4, 0.5) is 0 Å². The highest BCUT2D eigenvalue weighted by Gasteiger charge is 2.10. The maximum absolute atomic E-state index is 6.01. The number of ether oxygens (including phenoxy) is 4. The summed E-state index contributed by atoms with van der Waals surface area (Å²) in [5, 5.41) is 0. The average molecular weight is 483 g/mol. The monoisotopic (exact) mass is 482 g/mol. The highest BCUT2D eigenvalue weighted by Crippen LogP contribution is 2.17. The second-order valence-electron chi connectivity index (χ2n) is 10.3. The summed E-state index contributed by atoms with van der Waals surface area (Å²) in [5.41, 5.74) is 2.38. The van der Waals surface area contributed by atoms with Crippen molar-refractivity contribution in [2.24, 2.45) is 23.7 Å². The second-order valence-corrected chi connectivity index (χ2v) is 10.3. The van der Waals surface area contributed by atoms with E-state index in [0.717, 1.165) is 45.7 Å². The van der Waals surface area contributed by atoms with Gasteiger partial charge in [-0.3, -0.25) is 0 Å². The molecule has 202 valence electrons. The highest BCUT2D eigenvalue weighted by atomic mass is 16.5. The molecule has 0 aliphatic carbocycles. The molecule has 0 amide bonds. The molecule has 0 saturated heterocycles. The summed E-state index contributed by atoms with van der Waals surface area (Å²) in [7, 11) is 0. The van der Waals surface area contributed by atoms with E-state index in [9.17, 15) is 0 Å². The molecule has 4 heteroatoms. The minimum Gasteiger partial charge on any atom is -0.501 e. The van der Waals surface area contributed by atoms with E-state index in [2.05, 4.69) is 55.4 Å². The number of rotatable bonds is 23. The Labute approximate surface area is 212 Å². The van der Waals surface area contributed by atoms with Crippen molar-refractivity contribution in [1.82, 2.24) is 0 Å². The molecule has 0 aromatic heterocycles. The van der Waals surface area contributed by atoms with E-state index in [-0.39, 0.29) is 0 Å². The molecule has 0 spiro atoms. The standard InChI is InChI=1S/C30H58O4/c1-9-25(6)17-31-20-28(11-3)16-14-15-27(8)19-33-22-30(13-5)24-34-23-29(12-4)21-32-18-26(7)10-2/h21,24-28H,9-20,22-23H2,1-8H3/b29-21+,30-24+. The van der Waals surface area contributed by atoms with Gasteiger partial charge in [-0.15, -0.1) is 0 Å². The Hall–Kier alpha value is -1.00. The fraction of sp³-hybridized carbons (Fsp3) is 0.867. The molecule has 0 aliphatic rings. The van der Waals surface area contributed by atoms with Gasteiger partial charge in [0.2, 0.25) is 0 Å². The molecule has 4 atom stereocenters. The molecule has 4 nitrogen and oxygen atoms in total. The minimum absolute atomic E-state index is 0.579. The van der Waals surface area contributed by atoms with Crippen molar-refractivity contribution in [2.75, 3.05) is 39.6 Å². The van der Waals surface area contributed by atoms with Crippen LogP contribution >= 0.6 is 0 Å². The Bertz CT molecular complexity index is 514. The van der Waals surface area contributed by atoms with E-state index in [4.69, 9.17) is 18.9 Å². The summed E-state index contributed by atoms with van der Waals surface area (Å²) >= 11 is 0. The maximum atomic E-state index is 6.01. The largest absolute Gasteiger partial charge is 0.501 e. The third-order valence-corrected chi connectivity index (χ3v) is 6.78. The van der Waals surface area contributed by atoms with E-state index < -0.39 is 0 Å². The lowest BCUT2D eigenvalue weighted by Crippen LogP contribution is -2.14. The van der Waals surface area contributed by atoms with Crippen molar-refractivity contribution < 1.29 is 18.9 Å². The number of hydrogen-bond donors (Lipinski definition) is 0. The van der Waals surface area contributed by atoms with E-state index in [1.807, 2.05) is 12.5 Å². The Morgan fingerprint density at radius 2 is 1.18 bits per heavy atom. The van der Waals surface area contributed by atoms with Gasteiger partial charge in [0.1, 0.15) is 6.61 Å². The fourth-order valence-electron chi connectivity index (χ4n) is 3.34. The quantitative estimate of drug-likeness (QED) is 0.137. The predicted molar refractivity (Wildman–Crippen MR) is 146 cm³/mol. The van der Waals surface area contributed by atoms with Crippen LogP contribution in [0.2, 0.25) is 0 Å². The second kappa shape index (κ2) is 22.5. The zero-order valence-corrected chi connectivity index (χ0v) is 24.0. The molecule has 0 aliphatic heterocycles. The molecule has 0 fully saturated rings. The van der Waals surface area contributed by atoms with Crippen molar-refractivity contribution in [3.05, 3.63) is 23.7 Å². The lowest BCUT2D eigenvalue weighted by atomic mass is 9.96. The van der Waals surface area contributed by atoms with Crippen LogP contribution in [0.15, 0.2) is 23.7 Å². The van der Waals surface area contributed by atoms with Gasteiger partial charge in [0.25, 0.3) is 0 Å². The summed E-state index contributed by atoms with van der Waals surface area (Å²) in [6.45, 7) is 22.4. The summed E-state index contributed by atoms with van der Waals surface area (Å²) in [6, 6.07) is 0. The van der Waals surface area contributed by atoms with Gasteiger partial charge in [-0.25, -0.2) is 0 Å². The predicted octanol–water partition coefficient (Wildman–Crippen LogP) is 8.57. The molecular weight excluding hydrogens is 424 g/mol. The molecule has 0 saturated carbocycles. The normalized spacial score (nSPS) is 16.2. The fourth-order valence-corrected chi connectivity index (χ4v) is 3.34. The number of hydrogen-bond acceptors (Lipinski definition) is 4. The molecule has 0 aromatic rings. The maximum Gasteiger partial charge on any atom is 0.112 e. The molecule has 0 N–H and O–H groups in total. The van der Waals surface area contributed by atoms with Crippen LogP contribution in [0.1, 0.15) is 107 Å². The summed E-state index contributed by atoms with van der Waals surface area (Å²) in [4.78, 5) is 0. The van der Waals surface area contributed by atoms with Crippen LogP contribution in [0.3, 0.4) is 0 Å². The Kier molecular flexibility index (Phi) is 21.8. The SMILES string of the molecule is CC/C(=C\OCC(C)CC)CO/C=C(\CC)COCC(C)CCCC(CC)COCC(C)CC. The van der Waals surface area contributed by atoms with E-state index in [0.29, 0.717) is 36.9 Å². The zero-order valence-electron chi connectivity index (χ0n) is 24.0. The summed E-state index contributed by atoms with van der Waals surface area (Å²) in [5.74, 6) is 2.52. The van der Waals surface area contributed by atoms with Crippen LogP contribution in [0.5, 0.6) is 0 Å². The third kappa shape index (κ3) is 18.3. The molecule has 34 heavy (non-hydrogen) atoms. The molecule has 0 radical (unpaired) electrons. The first-order valence-corrected chi connectivity index (χ1v) is 14.1. The van der Waals surface area contributed by atoms with Crippen LogP contribution in [0, 0.1) is 23.7 Å². The van der Waals surface area contributed by atoms with Gasteiger partial charge >= 0.3 is 0 Å². The van der Waals surface area contributed by atoms with Gasteiger partial charge in [-0.1, -0.05) is 81.1 Å². The van der Waals surface area contributed by atoms with Gasteiger partial charge in [0.15, 0.2) is 0 Å². The van der Waals surface area contributed by atoms with Crippen LogP contribution in [-0.2, 0) is 18.9 Å². The molecule has 0 heterocycles. The van der Waals surface area contributed by atoms with Crippen molar-refractivity contribution in [1.29, 1.82) is 0 Å². The first kappa shape index (κ1) is 33.0. The zero-order chi connectivity index (χ0) is 25.6. The minimum atomic E-state index is 0.579. The van der Waals surface area contributed by atoms with Gasteiger partial charge in [0.05, 0.1) is 25.7 Å². The third-order valence-electron chi connectivity index (χ3n) is 6.78. The summed E-state index contributed by atoms with van der Waals surface area (Å²) < 4.78 is 23.5. The van der Waals surface area contributed by atoms with Crippen molar-refractivity contribution in [3.63, 3.8) is 0 Å². The van der Waals surface area contributed by atoms with E-state index in [1.54, 1.807) is 0 Å². The lowest BCUT2D eigenvalue weighted by molar-refractivity contribution is 0.0686. The Morgan fingerprint density at radius 1 is 0.588 bits per heavy atom.